The minimum atomic E-state index is 0.254. The van der Waals surface area contributed by atoms with Crippen LogP contribution in [0.2, 0.25) is 0 Å². The Morgan fingerprint density at radius 3 is 2.30 bits per heavy atom. The third kappa shape index (κ3) is 3.15. The second-order valence-electron chi connectivity index (χ2n) is 2.90. The molecule has 3 heteroatoms. The molecule has 3 N–H and O–H groups in total. The monoisotopic (exact) mass is 147 g/mol. The summed E-state index contributed by atoms with van der Waals surface area (Å²) in [4.78, 5) is 0. The molecule has 0 radical (unpaired) electrons. The van der Waals surface area contributed by atoms with E-state index in [0.717, 1.165) is 24.1 Å². The molecule has 0 fully saturated rings. The van der Waals surface area contributed by atoms with Crippen molar-refractivity contribution in [2.45, 2.75) is 6.92 Å². The van der Waals surface area contributed by atoms with Crippen LogP contribution in [0.5, 0.6) is 0 Å². The van der Waals surface area contributed by atoms with E-state index in [-0.39, 0.29) is 6.61 Å². The fourth-order valence-electron chi connectivity index (χ4n) is 0.981. The van der Waals surface area contributed by atoms with E-state index in [4.69, 9.17) is 10.8 Å². The fraction of sp³-hybridized carbons (Fsp3) is 1.00. The molecule has 0 saturated heterocycles. The molecule has 0 aliphatic carbocycles. The smallest absolute Gasteiger partial charge is 0.102 e. The molecule has 10 heavy (non-hydrogen) atoms. The van der Waals surface area contributed by atoms with Crippen LogP contribution in [0.3, 0.4) is 0 Å². The first-order valence-corrected chi connectivity index (χ1v) is 3.83. The van der Waals surface area contributed by atoms with Crippen molar-refractivity contribution in [2.24, 2.45) is 5.73 Å². The van der Waals surface area contributed by atoms with Crippen LogP contribution in [-0.4, -0.2) is 49.4 Å². The molecule has 0 aromatic carbocycles. The summed E-state index contributed by atoms with van der Waals surface area (Å²) in [7, 11) is 2.11. The lowest BCUT2D eigenvalue weighted by Crippen LogP contribution is -2.48. The second kappa shape index (κ2) is 4.66. The van der Waals surface area contributed by atoms with Gasteiger partial charge in [0.25, 0.3) is 0 Å². The van der Waals surface area contributed by atoms with Crippen molar-refractivity contribution in [3.63, 3.8) is 0 Å². The number of aliphatic hydroxyl groups excluding tert-OH is 1. The number of likely N-dealkylation sites (N-methyl/N-ethyl adjacent to an activating group) is 1. The molecule has 62 valence electrons. The van der Waals surface area contributed by atoms with Crippen LogP contribution in [0, 0.1) is 0 Å². The lowest BCUT2D eigenvalue weighted by Gasteiger charge is -2.32. The average Bonchev–Trinajstić information content (AvgIpc) is 1.89. The highest BCUT2D eigenvalue weighted by Gasteiger charge is 2.15. The molecule has 0 rings (SSSR count). The van der Waals surface area contributed by atoms with E-state index in [9.17, 15) is 0 Å². The third-order valence-electron chi connectivity index (χ3n) is 2.07. The molecular weight excluding hydrogens is 128 g/mol. The maximum Gasteiger partial charge on any atom is 0.102 e. The van der Waals surface area contributed by atoms with Crippen LogP contribution < -0.4 is 5.73 Å². The molecule has 0 spiro atoms. The van der Waals surface area contributed by atoms with E-state index in [1.807, 2.05) is 0 Å². The van der Waals surface area contributed by atoms with Gasteiger partial charge in [-0.05, 0) is 6.92 Å². The van der Waals surface area contributed by atoms with Gasteiger partial charge in [0.1, 0.15) is 6.54 Å². The molecule has 0 aromatic rings. The van der Waals surface area contributed by atoms with E-state index >= 15 is 0 Å². The average molecular weight is 147 g/mol. The quantitative estimate of drug-likeness (QED) is 0.510. The maximum absolute atomic E-state index is 8.70. The zero-order valence-corrected chi connectivity index (χ0v) is 7.01. The predicted molar refractivity (Wildman–Crippen MR) is 42.6 cm³/mol. The zero-order valence-electron chi connectivity index (χ0n) is 7.01. The van der Waals surface area contributed by atoms with Gasteiger partial charge in [0, 0.05) is 6.54 Å². The first-order valence-electron chi connectivity index (χ1n) is 3.83. The van der Waals surface area contributed by atoms with Crippen LogP contribution >= 0.6 is 0 Å². The highest BCUT2D eigenvalue weighted by atomic mass is 16.3. The summed E-state index contributed by atoms with van der Waals surface area (Å²) in [5.41, 5.74) is 5.42. The highest BCUT2D eigenvalue weighted by Crippen LogP contribution is 1.98. The normalized spacial score (nSPS) is 16.8. The van der Waals surface area contributed by atoms with Crippen molar-refractivity contribution in [3.05, 3.63) is 0 Å². The first-order chi connectivity index (χ1) is 4.68. The topological polar surface area (TPSA) is 46.2 Å². The third-order valence-corrected chi connectivity index (χ3v) is 2.07. The molecule has 0 amide bonds. The van der Waals surface area contributed by atoms with Gasteiger partial charge in [0.15, 0.2) is 0 Å². The Morgan fingerprint density at radius 2 is 2.00 bits per heavy atom. The minimum absolute atomic E-state index is 0.254. The van der Waals surface area contributed by atoms with Crippen molar-refractivity contribution in [1.82, 2.24) is 0 Å². The Morgan fingerprint density at radius 1 is 1.40 bits per heavy atom. The highest BCUT2D eigenvalue weighted by molar-refractivity contribution is 4.37. The van der Waals surface area contributed by atoms with E-state index in [0.29, 0.717) is 6.54 Å². The van der Waals surface area contributed by atoms with E-state index in [1.54, 1.807) is 0 Å². The van der Waals surface area contributed by atoms with Crippen molar-refractivity contribution < 1.29 is 9.59 Å². The van der Waals surface area contributed by atoms with Crippen LogP contribution in [0.25, 0.3) is 0 Å². The Bertz CT molecular complexity index is 79.7. The van der Waals surface area contributed by atoms with E-state index in [1.165, 1.54) is 0 Å². The van der Waals surface area contributed by atoms with Gasteiger partial charge in [0.05, 0.1) is 26.7 Å². The summed E-state index contributed by atoms with van der Waals surface area (Å²) in [6.45, 7) is 5.88. The molecule has 0 aliphatic rings. The lowest BCUT2D eigenvalue weighted by molar-refractivity contribution is -0.906. The van der Waals surface area contributed by atoms with E-state index in [2.05, 4.69) is 14.0 Å². The Kier molecular flexibility index (Phi) is 4.60. The molecule has 3 nitrogen and oxygen atoms in total. The van der Waals surface area contributed by atoms with E-state index < -0.39 is 0 Å². The molecule has 0 bridgehead atoms. The number of rotatable bonds is 5. The zero-order chi connectivity index (χ0) is 8.04. The number of hydrogen-bond donors (Lipinski definition) is 2. The standard InChI is InChI=1S/C7H19N2O/c1-3-9(2,5-4-8)6-7-10/h10H,3-8H2,1-2H3/q+1. The molecule has 1 atom stereocenters. The van der Waals surface area contributed by atoms with Crippen molar-refractivity contribution in [2.75, 3.05) is 39.8 Å². The first kappa shape index (κ1) is 9.88. The molecule has 0 aromatic heterocycles. The number of hydrogen-bond acceptors (Lipinski definition) is 2. The molecule has 0 aliphatic heterocycles. The fourth-order valence-corrected chi connectivity index (χ4v) is 0.981. The second-order valence-corrected chi connectivity index (χ2v) is 2.90. The number of nitrogens with two attached hydrogens (primary N) is 1. The van der Waals surface area contributed by atoms with Gasteiger partial charge < -0.3 is 15.3 Å². The molecule has 0 saturated carbocycles. The van der Waals surface area contributed by atoms with Gasteiger partial charge in [-0.1, -0.05) is 0 Å². The molecule has 1 unspecified atom stereocenters. The van der Waals surface area contributed by atoms with Crippen LogP contribution in [-0.2, 0) is 0 Å². The summed E-state index contributed by atoms with van der Waals surface area (Å²) in [6, 6.07) is 0. The number of nitrogens with zero attached hydrogens (tertiary/aromatic N) is 1. The van der Waals surface area contributed by atoms with Crippen molar-refractivity contribution >= 4 is 0 Å². The predicted octanol–water partition coefficient (Wildman–Crippen LogP) is -0.596. The lowest BCUT2D eigenvalue weighted by atomic mass is 10.4. The largest absolute Gasteiger partial charge is 0.391 e. The van der Waals surface area contributed by atoms with Crippen LogP contribution in [0.15, 0.2) is 0 Å². The summed E-state index contributed by atoms with van der Waals surface area (Å²) in [5.74, 6) is 0. The number of quaternary nitrogens is 1. The Balaban J connectivity index is 3.69. The van der Waals surface area contributed by atoms with Gasteiger partial charge in [-0.25, -0.2) is 0 Å². The van der Waals surface area contributed by atoms with Crippen LogP contribution in [0.1, 0.15) is 6.92 Å². The van der Waals surface area contributed by atoms with Crippen molar-refractivity contribution in [1.29, 1.82) is 0 Å². The van der Waals surface area contributed by atoms with Gasteiger partial charge in [-0.2, -0.15) is 0 Å². The summed E-state index contributed by atoms with van der Waals surface area (Å²) < 4.78 is 0.882. The Hall–Kier alpha value is -0.120. The summed E-state index contributed by atoms with van der Waals surface area (Å²) in [5, 5.41) is 8.70. The van der Waals surface area contributed by atoms with Crippen molar-refractivity contribution in [3.8, 4) is 0 Å². The minimum Gasteiger partial charge on any atom is -0.391 e. The van der Waals surface area contributed by atoms with Crippen LogP contribution in [0.4, 0.5) is 0 Å². The SMILES string of the molecule is CC[N+](C)(CCN)CCO. The van der Waals surface area contributed by atoms with Gasteiger partial charge in [0.2, 0.25) is 0 Å². The van der Waals surface area contributed by atoms with Gasteiger partial charge >= 0.3 is 0 Å². The number of aliphatic hydroxyl groups is 1. The van der Waals surface area contributed by atoms with Gasteiger partial charge in [-0.15, -0.1) is 0 Å². The maximum atomic E-state index is 8.70. The Labute approximate surface area is 63.0 Å². The summed E-state index contributed by atoms with van der Waals surface area (Å²) in [6.07, 6.45) is 0. The summed E-state index contributed by atoms with van der Waals surface area (Å²) >= 11 is 0. The van der Waals surface area contributed by atoms with Gasteiger partial charge in [-0.3, -0.25) is 0 Å². The molecular formula is C7H19N2O+. The molecule has 0 heterocycles.